The van der Waals surface area contributed by atoms with Gasteiger partial charge in [-0.05, 0) is 18.2 Å². The summed E-state index contributed by atoms with van der Waals surface area (Å²) in [6.07, 6.45) is -0.955. The predicted molar refractivity (Wildman–Crippen MR) is 102 cm³/mol. The summed E-state index contributed by atoms with van der Waals surface area (Å²) < 4.78 is 17.6. The Bertz CT molecular complexity index is 1180. The second-order valence-electron chi connectivity index (χ2n) is 6.30. The van der Waals surface area contributed by atoms with Crippen LogP contribution in [0.2, 0.25) is 0 Å². The molecule has 1 aliphatic rings. The van der Waals surface area contributed by atoms with Crippen molar-refractivity contribution >= 4 is 28.5 Å². The van der Waals surface area contributed by atoms with Crippen LogP contribution in [0.25, 0.3) is 10.9 Å². The summed E-state index contributed by atoms with van der Waals surface area (Å²) in [6, 6.07) is 10.3. The summed E-state index contributed by atoms with van der Waals surface area (Å²) in [5.74, 6) is -0.747. The van der Waals surface area contributed by atoms with Crippen molar-refractivity contribution in [1.82, 2.24) is 4.57 Å². The zero-order chi connectivity index (χ0) is 20.7. The van der Waals surface area contributed by atoms with Gasteiger partial charge in [0.25, 0.3) is 5.91 Å². The van der Waals surface area contributed by atoms with E-state index in [1.165, 1.54) is 25.7 Å². The molecular weight excluding hydrogens is 378 g/mol. The highest BCUT2D eigenvalue weighted by Gasteiger charge is 2.39. The lowest BCUT2D eigenvalue weighted by atomic mass is 10.1. The summed E-state index contributed by atoms with van der Waals surface area (Å²) >= 11 is 0. The quantitative estimate of drug-likeness (QED) is 0.532. The van der Waals surface area contributed by atoms with Crippen LogP contribution in [-0.2, 0) is 9.53 Å². The van der Waals surface area contributed by atoms with E-state index in [4.69, 9.17) is 14.2 Å². The van der Waals surface area contributed by atoms with Crippen LogP contribution in [0.5, 0.6) is 17.4 Å². The first kappa shape index (κ1) is 18.5. The molecule has 0 unspecified atom stereocenters. The lowest BCUT2D eigenvalue weighted by Crippen LogP contribution is -2.09. The molecule has 29 heavy (non-hydrogen) atoms. The van der Waals surface area contributed by atoms with Gasteiger partial charge >= 0.3 is 5.97 Å². The lowest BCUT2D eigenvalue weighted by molar-refractivity contribution is -0.116. The molecule has 1 amide bonds. The molecule has 1 aliphatic heterocycles. The number of aromatic nitrogens is 1. The van der Waals surface area contributed by atoms with Gasteiger partial charge in [0.2, 0.25) is 12.1 Å². The predicted octanol–water partition coefficient (Wildman–Crippen LogP) is 3.71. The topological polar surface area (TPSA) is 112 Å². The molecule has 1 atom stereocenters. The van der Waals surface area contributed by atoms with E-state index in [2.05, 4.69) is 10.2 Å². The number of nitrogens with zero attached hydrogens (tertiary/aromatic N) is 3. The van der Waals surface area contributed by atoms with Crippen molar-refractivity contribution in [2.45, 2.75) is 13.2 Å². The van der Waals surface area contributed by atoms with Gasteiger partial charge in [0.1, 0.15) is 5.56 Å². The van der Waals surface area contributed by atoms with Crippen LogP contribution in [0.1, 0.15) is 29.1 Å². The molecule has 4 rings (SSSR count). The number of fused-ring (bicyclic) bond motifs is 2. The second kappa shape index (κ2) is 6.93. The van der Waals surface area contributed by atoms with E-state index in [1.54, 1.807) is 36.4 Å². The highest BCUT2D eigenvalue weighted by atomic mass is 16.6. The zero-order valence-corrected chi connectivity index (χ0v) is 15.9. The number of hydrogen-bond acceptors (Lipinski definition) is 7. The van der Waals surface area contributed by atoms with Crippen LogP contribution >= 0.6 is 0 Å². The first-order valence-corrected chi connectivity index (χ1v) is 8.68. The Hall–Kier alpha value is -3.88. The third-order valence-corrected chi connectivity index (χ3v) is 4.65. The first-order valence-electron chi connectivity index (χ1n) is 8.68. The van der Waals surface area contributed by atoms with E-state index < -0.39 is 18.1 Å². The number of rotatable bonds is 4. The van der Waals surface area contributed by atoms with Crippen LogP contribution in [0.4, 0.5) is 5.69 Å². The summed E-state index contributed by atoms with van der Waals surface area (Å²) in [6.45, 7) is 1.26. The number of carbonyl (C=O) groups excluding carboxylic acids is 2. The number of ether oxygens (including phenoxy) is 3. The van der Waals surface area contributed by atoms with Gasteiger partial charge in [0.15, 0.2) is 17.2 Å². The Morgan fingerprint density at radius 1 is 1.17 bits per heavy atom. The van der Waals surface area contributed by atoms with Crippen molar-refractivity contribution < 1.29 is 28.9 Å². The van der Waals surface area contributed by atoms with Gasteiger partial charge in [-0.3, -0.25) is 9.36 Å². The maximum atomic E-state index is 12.6. The van der Waals surface area contributed by atoms with Crippen molar-refractivity contribution in [3.8, 4) is 17.4 Å². The summed E-state index contributed by atoms with van der Waals surface area (Å²) in [7, 11) is 2.90. The van der Waals surface area contributed by atoms with Crippen LogP contribution in [0.15, 0.2) is 46.6 Å². The lowest BCUT2D eigenvalue weighted by Gasteiger charge is -2.16. The van der Waals surface area contributed by atoms with Gasteiger partial charge in [0.05, 0.1) is 19.7 Å². The third-order valence-electron chi connectivity index (χ3n) is 4.65. The van der Waals surface area contributed by atoms with Crippen LogP contribution in [0, 0.1) is 0 Å². The Kier molecular flexibility index (Phi) is 4.42. The molecule has 148 valence electrons. The highest BCUT2D eigenvalue weighted by molar-refractivity contribution is 5.99. The van der Waals surface area contributed by atoms with Gasteiger partial charge in [0, 0.05) is 17.9 Å². The van der Waals surface area contributed by atoms with Gasteiger partial charge in [-0.15, -0.1) is 10.2 Å². The maximum absolute atomic E-state index is 12.6. The van der Waals surface area contributed by atoms with Crippen LogP contribution < -0.4 is 9.47 Å². The fraction of sp³-hybridized carbons (Fsp3) is 0.200. The number of hydrogen-bond donors (Lipinski definition) is 1. The average molecular weight is 395 g/mol. The monoisotopic (exact) mass is 395 g/mol. The molecule has 2 heterocycles. The number of esters is 1. The maximum Gasteiger partial charge on any atom is 0.344 e. The SMILES string of the molecule is COc1ccc2c(c1OC)C(=O)O[C@H]2n1c(O)c(N=NC(C)=O)c2ccccc21. The fourth-order valence-corrected chi connectivity index (χ4v) is 3.46. The second-order valence-corrected chi connectivity index (χ2v) is 6.30. The van der Waals surface area contributed by atoms with Crippen molar-refractivity contribution in [3.05, 3.63) is 47.5 Å². The molecule has 3 aromatic rings. The molecule has 1 aromatic heterocycles. The van der Waals surface area contributed by atoms with E-state index in [9.17, 15) is 14.7 Å². The Labute approximate surface area is 165 Å². The largest absolute Gasteiger partial charge is 0.493 e. The molecule has 0 saturated carbocycles. The number of azo groups is 1. The normalized spacial score (nSPS) is 15.6. The van der Waals surface area contributed by atoms with E-state index in [0.29, 0.717) is 22.2 Å². The van der Waals surface area contributed by atoms with E-state index >= 15 is 0 Å². The van der Waals surface area contributed by atoms with Crippen molar-refractivity contribution in [2.24, 2.45) is 10.2 Å². The molecular formula is C20H17N3O6. The smallest absolute Gasteiger partial charge is 0.344 e. The Morgan fingerprint density at radius 3 is 2.62 bits per heavy atom. The van der Waals surface area contributed by atoms with Gasteiger partial charge in [-0.1, -0.05) is 18.2 Å². The third kappa shape index (κ3) is 2.78. The van der Waals surface area contributed by atoms with Crippen molar-refractivity contribution in [3.63, 3.8) is 0 Å². The number of cyclic esters (lactones) is 1. The number of para-hydroxylation sites is 1. The van der Waals surface area contributed by atoms with Gasteiger partial charge < -0.3 is 19.3 Å². The summed E-state index contributed by atoms with van der Waals surface area (Å²) in [5, 5.41) is 18.8. The minimum Gasteiger partial charge on any atom is -0.493 e. The highest BCUT2D eigenvalue weighted by Crippen LogP contribution is 2.48. The number of aromatic hydroxyl groups is 1. The molecule has 9 nitrogen and oxygen atoms in total. The number of amides is 1. The average Bonchev–Trinajstić information content (AvgIpc) is 3.19. The minimum absolute atomic E-state index is 0.112. The van der Waals surface area contributed by atoms with E-state index in [0.717, 1.165) is 0 Å². The molecule has 0 saturated heterocycles. The van der Waals surface area contributed by atoms with Gasteiger partial charge in [-0.25, -0.2) is 4.79 Å². The first-order chi connectivity index (χ1) is 14.0. The number of benzene rings is 2. The van der Waals surface area contributed by atoms with Crippen molar-refractivity contribution in [2.75, 3.05) is 14.2 Å². The van der Waals surface area contributed by atoms with Gasteiger partial charge in [-0.2, -0.15) is 0 Å². The van der Waals surface area contributed by atoms with Crippen molar-refractivity contribution in [1.29, 1.82) is 0 Å². The van der Waals surface area contributed by atoms with E-state index in [-0.39, 0.29) is 22.9 Å². The number of carbonyl (C=O) groups is 2. The Morgan fingerprint density at radius 2 is 1.93 bits per heavy atom. The standard InChI is InChI=1S/C20H17N3O6/c1-10(24)21-22-16-11-6-4-5-7-13(11)23(18(16)25)19-12-8-9-14(27-2)17(28-3)15(12)20(26)29-19/h4-9,19,25H,1-3H3/t19-/m1/s1. The molecule has 1 N–H and O–H groups in total. The van der Waals surface area contributed by atoms with Crippen LogP contribution in [0.3, 0.4) is 0 Å². The summed E-state index contributed by atoms with van der Waals surface area (Å²) in [5.41, 5.74) is 1.39. The molecule has 0 radical (unpaired) electrons. The van der Waals surface area contributed by atoms with E-state index in [1.807, 2.05) is 0 Å². The molecule has 0 bridgehead atoms. The molecule has 0 spiro atoms. The molecule has 0 fully saturated rings. The molecule has 9 heteroatoms. The zero-order valence-electron chi connectivity index (χ0n) is 15.9. The van der Waals surface area contributed by atoms with Crippen LogP contribution in [-0.4, -0.2) is 35.8 Å². The summed E-state index contributed by atoms with van der Waals surface area (Å²) in [4.78, 5) is 23.8. The minimum atomic E-state index is -0.955. The fourth-order valence-electron chi connectivity index (χ4n) is 3.46. The number of methoxy groups -OCH3 is 2. The Balaban J connectivity index is 1.96. The molecule has 2 aromatic carbocycles. The molecule has 0 aliphatic carbocycles.